The highest BCUT2D eigenvalue weighted by Crippen LogP contribution is 2.17. The highest BCUT2D eigenvalue weighted by Gasteiger charge is 2.07. The van der Waals surface area contributed by atoms with Crippen LogP contribution in [0, 0.1) is 0 Å². The minimum absolute atomic E-state index is 0. The molecule has 0 unspecified atom stereocenters. The first-order valence-corrected chi connectivity index (χ1v) is 9.60. The van der Waals surface area contributed by atoms with E-state index in [1.165, 1.54) is 4.90 Å². The van der Waals surface area contributed by atoms with Crippen LogP contribution in [-0.4, -0.2) is 51.1 Å². The molecule has 0 heterocycles. The quantitative estimate of drug-likeness (QED) is 0.299. The number of nitrogens with one attached hydrogen (secondary N) is 2. The second-order valence-electron chi connectivity index (χ2n) is 6.54. The molecule has 0 fully saturated rings. The zero-order valence-electron chi connectivity index (χ0n) is 18.0. The third-order valence-corrected chi connectivity index (χ3v) is 4.16. The number of carbonyl (C=O) groups excluding carboxylic acids is 1. The Labute approximate surface area is 195 Å². The summed E-state index contributed by atoms with van der Waals surface area (Å²) in [6, 6.07) is 15.6. The van der Waals surface area contributed by atoms with Crippen molar-refractivity contribution in [3.8, 4) is 11.5 Å². The van der Waals surface area contributed by atoms with Gasteiger partial charge in [-0.15, -0.1) is 24.0 Å². The smallest absolute Gasteiger partial charge is 0.259 e. The standard InChI is InChI=1S/C22H30N4O3.HI/c1-5-28-20-12-7-6-10-18(20)15-25-22(23-2)24-14-17-9-8-11-19(13-17)29-16-21(27)26(3)4;/h6-13H,5,14-16H2,1-4H3,(H2,23,24,25);1H. The van der Waals surface area contributed by atoms with Gasteiger partial charge in [-0.25, -0.2) is 0 Å². The number of hydrogen-bond acceptors (Lipinski definition) is 4. The molecular formula is C22H31IN4O3. The molecule has 8 heteroatoms. The number of hydrogen-bond donors (Lipinski definition) is 2. The van der Waals surface area contributed by atoms with E-state index in [1.807, 2.05) is 55.5 Å². The maximum Gasteiger partial charge on any atom is 0.259 e. The number of amides is 1. The molecule has 0 saturated carbocycles. The number of nitrogens with zero attached hydrogens (tertiary/aromatic N) is 2. The Morgan fingerprint density at radius 2 is 1.77 bits per heavy atom. The van der Waals surface area contributed by atoms with Gasteiger partial charge < -0.3 is 25.0 Å². The van der Waals surface area contributed by atoms with Crippen molar-refractivity contribution in [2.75, 3.05) is 34.4 Å². The molecule has 2 N–H and O–H groups in total. The zero-order valence-corrected chi connectivity index (χ0v) is 20.3. The van der Waals surface area contributed by atoms with Crippen LogP contribution in [0.2, 0.25) is 0 Å². The van der Waals surface area contributed by atoms with Crippen LogP contribution in [0.5, 0.6) is 11.5 Å². The fraction of sp³-hybridized carbons (Fsp3) is 0.364. The maximum absolute atomic E-state index is 11.7. The molecule has 0 aliphatic rings. The lowest BCUT2D eigenvalue weighted by Crippen LogP contribution is -2.36. The second-order valence-corrected chi connectivity index (χ2v) is 6.54. The summed E-state index contributed by atoms with van der Waals surface area (Å²) >= 11 is 0. The van der Waals surface area contributed by atoms with Gasteiger partial charge in [-0.1, -0.05) is 30.3 Å². The Bertz CT molecular complexity index is 828. The molecule has 2 aromatic carbocycles. The van der Waals surface area contributed by atoms with E-state index in [9.17, 15) is 4.79 Å². The van der Waals surface area contributed by atoms with E-state index >= 15 is 0 Å². The lowest BCUT2D eigenvalue weighted by atomic mass is 10.2. The van der Waals surface area contributed by atoms with Crippen molar-refractivity contribution in [1.82, 2.24) is 15.5 Å². The maximum atomic E-state index is 11.7. The number of benzene rings is 2. The van der Waals surface area contributed by atoms with Crippen molar-refractivity contribution in [2.45, 2.75) is 20.0 Å². The molecule has 0 spiro atoms. The van der Waals surface area contributed by atoms with Crippen LogP contribution in [0.15, 0.2) is 53.5 Å². The fourth-order valence-electron chi connectivity index (χ4n) is 2.55. The molecule has 30 heavy (non-hydrogen) atoms. The van der Waals surface area contributed by atoms with E-state index in [0.717, 1.165) is 16.9 Å². The summed E-state index contributed by atoms with van der Waals surface area (Å²) in [5, 5.41) is 6.58. The summed E-state index contributed by atoms with van der Waals surface area (Å²) in [5.41, 5.74) is 2.09. The van der Waals surface area contributed by atoms with Crippen LogP contribution < -0.4 is 20.1 Å². The summed E-state index contributed by atoms with van der Waals surface area (Å²) in [7, 11) is 5.14. The first kappa shape index (κ1) is 25.5. The van der Waals surface area contributed by atoms with E-state index in [1.54, 1.807) is 21.1 Å². The van der Waals surface area contributed by atoms with Gasteiger partial charge in [-0.05, 0) is 30.7 Å². The van der Waals surface area contributed by atoms with Crippen LogP contribution in [0.4, 0.5) is 0 Å². The molecule has 0 saturated heterocycles. The molecule has 0 aliphatic carbocycles. The molecule has 0 aliphatic heterocycles. The van der Waals surface area contributed by atoms with E-state index < -0.39 is 0 Å². The molecular weight excluding hydrogens is 495 g/mol. The van der Waals surface area contributed by atoms with Crippen LogP contribution in [0.3, 0.4) is 0 Å². The number of carbonyl (C=O) groups is 1. The lowest BCUT2D eigenvalue weighted by molar-refractivity contribution is -0.130. The minimum Gasteiger partial charge on any atom is -0.494 e. The second kappa shape index (κ2) is 13.7. The molecule has 1 amide bonds. The highest BCUT2D eigenvalue weighted by atomic mass is 127. The van der Waals surface area contributed by atoms with Crippen molar-refractivity contribution >= 4 is 35.8 Å². The third kappa shape index (κ3) is 8.48. The van der Waals surface area contributed by atoms with Gasteiger partial charge >= 0.3 is 0 Å². The monoisotopic (exact) mass is 526 g/mol. The van der Waals surface area contributed by atoms with E-state index in [0.29, 0.717) is 31.4 Å². The Kier molecular flexibility index (Phi) is 11.7. The predicted molar refractivity (Wildman–Crippen MR) is 131 cm³/mol. The molecule has 164 valence electrons. The number of guanidine groups is 1. The Hall–Kier alpha value is -2.49. The van der Waals surface area contributed by atoms with Crippen molar-refractivity contribution in [3.63, 3.8) is 0 Å². The number of aliphatic imine (C=N–C) groups is 1. The molecule has 0 bridgehead atoms. The Morgan fingerprint density at radius 1 is 1.03 bits per heavy atom. The van der Waals surface area contributed by atoms with E-state index in [-0.39, 0.29) is 36.5 Å². The van der Waals surface area contributed by atoms with Gasteiger partial charge in [0, 0.05) is 39.8 Å². The van der Waals surface area contributed by atoms with Crippen LogP contribution >= 0.6 is 24.0 Å². The number of likely N-dealkylation sites (N-methyl/N-ethyl adjacent to an activating group) is 1. The average Bonchev–Trinajstić information content (AvgIpc) is 2.73. The topological polar surface area (TPSA) is 75.2 Å². The SMILES string of the molecule is CCOc1ccccc1CNC(=NC)NCc1cccc(OCC(=O)N(C)C)c1.I. The molecule has 2 rings (SSSR count). The summed E-state index contributed by atoms with van der Waals surface area (Å²) in [4.78, 5) is 17.4. The van der Waals surface area contributed by atoms with Crippen molar-refractivity contribution in [3.05, 3.63) is 59.7 Å². The Morgan fingerprint density at radius 3 is 2.47 bits per heavy atom. The van der Waals surface area contributed by atoms with Crippen LogP contribution in [-0.2, 0) is 17.9 Å². The van der Waals surface area contributed by atoms with Crippen molar-refractivity contribution in [2.24, 2.45) is 4.99 Å². The third-order valence-electron chi connectivity index (χ3n) is 4.16. The molecule has 2 aromatic rings. The largest absolute Gasteiger partial charge is 0.494 e. The summed E-state index contributed by atoms with van der Waals surface area (Å²) in [6.45, 7) is 3.80. The number of halogens is 1. The highest BCUT2D eigenvalue weighted by molar-refractivity contribution is 14.0. The molecule has 0 atom stereocenters. The van der Waals surface area contributed by atoms with E-state index in [2.05, 4.69) is 15.6 Å². The molecule has 0 radical (unpaired) electrons. The predicted octanol–water partition coefficient (Wildman–Crippen LogP) is 3.04. The molecule has 7 nitrogen and oxygen atoms in total. The normalized spacial score (nSPS) is 10.6. The van der Waals surface area contributed by atoms with Crippen molar-refractivity contribution in [1.29, 1.82) is 0 Å². The van der Waals surface area contributed by atoms with Gasteiger partial charge in [-0.2, -0.15) is 0 Å². The van der Waals surface area contributed by atoms with Gasteiger partial charge in [0.05, 0.1) is 6.61 Å². The number of rotatable bonds is 9. The van der Waals surface area contributed by atoms with Gasteiger partial charge in [0.1, 0.15) is 11.5 Å². The summed E-state index contributed by atoms with van der Waals surface area (Å²) in [5.74, 6) is 2.14. The van der Waals surface area contributed by atoms with Crippen LogP contribution in [0.1, 0.15) is 18.1 Å². The molecule has 0 aromatic heterocycles. The van der Waals surface area contributed by atoms with Crippen LogP contribution in [0.25, 0.3) is 0 Å². The number of ether oxygens (including phenoxy) is 2. The van der Waals surface area contributed by atoms with Gasteiger partial charge in [-0.3, -0.25) is 9.79 Å². The minimum atomic E-state index is -0.0783. The van der Waals surface area contributed by atoms with E-state index in [4.69, 9.17) is 9.47 Å². The zero-order chi connectivity index (χ0) is 21.1. The average molecular weight is 526 g/mol. The summed E-state index contributed by atoms with van der Waals surface area (Å²) < 4.78 is 11.2. The Balaban J connectivity index is 0.00000450. The first-order valence-electron chi connectivity index (χ1n) is 9.60. The van der Waals surface area contributed by atoms with Gasteiger partial charge in [0.25, 0.3) is 5.91 Å². The number of para-hydroxylation sites is 1. The first-order chi connectivity index (χ1) is 14.0. The van der Waals surface area contributed by atoms with Crippen molar-refractivity contribution < 1.29 is 14.3 Å². The lowest BCUT2D eigenvalue weighted by Gasteiger charge is -2.15. The fourth-order valence-corrected chi connectivity index (χ4v) is 2.55. The van der Waals surface area contributed by atoms with Gasteiger partial charge in [0.2, 0.25) is 0 Å². The van der Waals surface area contributed by atoms with Gasteiger partial charge in [0.15, 0.2) is 12.6 Å². The summed E-state index contributed by atoms with van der Waals surface area (Å²) in [6.07, 6.45) is 0.